The number of alkyl halides is 3. The molecule has 0 aliphatic rings. The van der Waals surface area contributed by atoms with Crippen molar-refractivity contribution in [3.8, 4) is 11.3 Å². The van der Waals surface area contributed by atoms with Gasteiger partial charge in [-0.2, -0.15) is 18.3 Å². The van der Waals surface area contributed by atoms with Crippen LogP contribution in [0.15, 0.2) is 34.8 Å². The number of halogens is 4. The molecule has 2 aromatic heterocycles. The number of anilines is 1. The van der Waals surface area contributed by atoms with Gasteiger partial charge >= 0.3 is 6.18 Å². The van der Waals surface area contributed by atoms with E-state index in [0.29, 0.717) is 5.69 Å². The lowest BCUT2D eigenvalue weighted by Gasteiger charge is -1.98. The Balaban J connectivity index is 1.74. The Hall–Kier alpha value is -2.27. The van der Waals surface area contributed by atoms with Gasteiger partial charge in [0.2, 0.25) is 10.1 Å². The fourth-order valence-corrected chi connectivity index (χ4v) is 2.63. The summed E-state index contributed by atoms with van der Waals surface area (Å²) in [5.74, 6) is -0.657. The van der Waals surface area contributed by atoms with Crippen LogP contribution in [0.25, 0.3) is 11.3 Å². The molecule has 2 heterocycles. The summed E-state index contributed by atoms with van der Waals surface area (Å²) in [6, 6.07) is 8.75. The number of nitrogens with one attached hydrogen (secondary N) is 2. The Bertz CT molecular complexity index is 874. The summed E-state index contributed by atoms with van der Waals surface area (Å²) in [5.41, 5.74) is 1.40. The molecule has 0 aliphatic heterocycles. The molecule has 1 amide bonds. The highest BCUT2D eigenvalue weighted by molar-refractivity contribution is 9.10. The summed E-state index contributed by atoms with van der Waals surface area (Å²) in [5, 5.41) is 13.7. The number of carbonyl (C=O) groups excluding carboxylic acids is 1. The molecular weight excluding hydrogens is 411 g/mol. The molecule has 0 unspecified atom stereocenters. The monoisotopic (exact) mass is 417 g/mol. The fraction of sp³-hybridized carbons (Fsp3) is 0.0769. The molecule has 124 valence electrons. The van der Waals surface area contributed by atoms with Gasteiger partial charge in [-0.3, -0.25) is 15.2 Å². The van der Waals surface area contributed by atoms with E-state index >= 15 is 0 Å². The van der Waals surface area contributed by atoms with Crippen LogP contribution in [0.4, 0.5) is 18.3 Å². The lowest BCUT2D eigenvalue weighted by molar-refractivity contribution is -0.138. The third kappa shape index (κ3) is 3.62. The summed E-state index contributed by atoms with van der Waals surface area (Å²) >= 11 is 3.56. The van der Waals surface area contributed by atoms with Crippen LogP contribution in [0.5, 0.6) is 0 Å². The first kappa shape index (κ1) is 16.6. The Morgan fingerprint density at radius 3 is 2.54 bits per heavy atom. The van der Waals surface area contributed by atoms with Crippen molar-refractivity contribution >= 4 is 38.3 Å². The van der Waals surface area contributed by atoms with Crippen LogP contribution in [0.1, 0.15) is 15.5 Å². The molecule has 3 rings (SSSR count). The van der Waals surface area contributed by atoms with Gasteiger partial charge in [-0.05, 0) is 18.2 Å². The second kappa shape index (κ2) is 6.32. The molecule has 6 nitrogen and oxygen atoms in total. The number of benzene rings is 1. The van der Waals surface area contributed by atoms with Crippen LogP contribution >= 0.6 is 27.3 Å². The summed E-state index contributed by atoms with van der Waals surface area (Å²) in [6.45, 7) is 0. The number of H-pyrrole nitrogens is 1. The zero-order valence-corrected chi connectivity index (χ0v) is 14.0. The Morgan fingerprint density at radius 2 is 1.92 bits per heavy atom. The molecule has 0 spiro atoms. The van der Waals surface area contributed by atoms with Crippen LogP contribution in [-0.4, -0.2) is 26.3 Å². The van der Waals surface area contributed by atoms with Crippen molar-refractivity contribution in [2.24, 2.45) is 0 Å². The van der Waals surface area contributed by atoms with Gasteiger partial charge in [0.25, 0.3) is 5.91 Å². The zero-order valence-electron chi connectivity index (χ0n) is 11.6. The Morgan fingerprint density at radius 1 is 1.21 bits per heavy atom. The fourth-order valence-electron chi connectivity index (χ4n) is 1.76. The Kier molecular flexibility index (Phi) is 4.37. The maximum atomic E-state index is 12.5. The van der Waals surface area contributed by atoms with E-state index in [1.54, 1.807) is 0 Å². The molecule has 0 atom stereocenters. The normalized spacial score (nSPS) is 11.5. The highest BCUT2D eigenvalue weighted by Gasteiger charge is 2.35. The Labute approximate surface area is 145 Å². The maximum absolute atomic E-state index is 12.5. The minimum atomic E-state index is -4.59. The zero-order chi connectivity index (χ0) is 17.3. The highest BCUT2D eigenvalue weighted by atomic mass is 79.9. The van der Waals surface area contributed by atoms with Crippen LogP contribution in [0, 0.1) is 0 Å². The van der Waals surface area contributed by atoms with E-state index in [1.807, 2.05) is 24.3 Å². The van der Waals surface area contributed by atoms with Crippen molar-refractivity contribution in [1.29, 1.82) is 0 Å². The lowest BCUT2D eigenvalue weighted by atomic mass is 10.1. The smallest absolute Gasteiger partial charge is 0.295 e. The van der Waals surface area contributed by atoms with Gasteiger partial charge in [0.15, 0.2) is 0 Å². The molecule has 0 saturated heterocycles. The minimum absolute atomic E-state index is 0.0941. The summed E-state index contributed by atoms with van der Waals surface area (Å²) in [4.78, 5) is 12.0. The minimum Gasteiger partial charge on any atom is -0.295 e. The van der Waals surface area contributed by atoms with Gasteiger partial charge in [-0.1, -0.05) is 39.4 Å². The molecule has 2 N–H and O–H groups in total. The summed E-state index contributed by atoms with van der Waals surface area (Å²) in [6.07, 6.45) is -4.59. The van der Waals surface area contributed by atoms with Crippen LogP contribution in [0.2, 0.25) is 0 Å². The van der Waals surface area contributed by atoms with Gasteiger partial charge in [0.1, 0.15) is 5.69 Å². The number of aromatic amines is 1. The van der Waals surface area contributed by atoms with Crippen molar-refractivity contribution in [2.75, 3.05) is 5.32 Å². The predicted octanol–water partition coefficient (Wildman–Crippen LogP) is 3.96. The molecular formula is C13H7BrF3N5OS. The van der Waals surface area contributed by atoms with Gasteiger partial charge in [0.05, 0.1) is 5.69 Å². The van der Waals surface area contributed by atoms with E-state index in [4.69, 9.17) is 0 Å². The van der Waals surface area contributed by atoms with E-state index < -0.39 is 17.1 Å². The number of amides is 1. The van der Waals surface area contributed by atoms with Crippen molar-refractivity contribution in [2.45, 2.75) is 6.18 Å². The third-order valence-electron chi connectivity index (χ3n) is 2.85. The number of nitrogens with zero attached hydrogens (tertiary/aromatic N) is 3. The van der Waals surface area contributed by atoms with Gasteiger partial charge in [-0.15, -0.1) is 10.2 Å². The molecule has 1 aromatic carbocycles. The molecule has 0 aliphatic carbocycles. The molecule has 11 heteroatoms. The van der Waals surface area contributed by atoms with E-state index in [1.165, 1.54) is 6.07 Å². The van der Waals surface area contributed by atoms with Crippen LogP contribution in [-0.2, 0) is 6.18 Å². The summed E-state index contributed by atoms with van der Waals surface area (Å²) in [7, 11) is 0. The van der Waals surface area contributed by atoms with Crippen LogP contribution < -0.4 is 5.32 Å². The summed E-state index contributed by atoms with van der Waals surface area (Å²) < 4.78 is 38.3. The number of carbonyl (C=O) groups is 1. The van der Waals surface area contributed by atoms with Crippen molar-refractivity contribution in [1.82, 2.24) is 20.4 Å². The molecule has 0 bridgehead atoms. The lowest BCUT2D eigenvalue weighted by Crippen LogP contribution is -2.12. The number of hydrogen-bond donors (Lipinski definition) is 2. The average Bonchev–Trinajstić information content (AvgIpc) is 3.16. The second-order valence-electron chi connectivity index (χ2n) is 4.54. The first-order valence-electron chi connectivity index (χ1n) is 6.36. The molecule has 0 radical (unpaired) electrons. The average molecular weight is 418 g/mol. The molecule has 24 heavy (non-hydrogen) atoms. The number of rotatable bonds is 3. The SMILES string of the molecule is O=C(Nc1nnc(C(F)(F)F)s1)c1cc(-c2ccc(Br)cc2)n[nH]1. The molecule has 0 saturated carbocycles. The van der Waals surface area contributed by atoms with Crippen molar-refractivity contribution in [3.05, 3.63) is 45.5 Å². The molecule has 3 aromatic rings. The van der Waals surface area contributed by atoms with E-state index in [2.05, 4.69) is 41.6 Å². The number of aromatic nitrogens is 4. The van der Waals surface area contributed by atoms with Crippen LogP contribution in [0.3, 0.4) is 0 Å². The van der Waals surface area contributed by atoms with E-state index in [0.717, 1.165) is 10.0 Å². The number of hydrogen-bond acceptors (Lipinski definition) is 5. The largest absolute Gasteiger partial charge is 0.445 e. The van der Waals surface area contributed by atoms with Crippen molar-refractivity contribution in [3.63, 3.8) is 0 Å². The van der Waals surface area contributed by atoms with Gasteiger partial charge in [0, 0.05) is 10.0 Å². The molecule has 0 fully saturated rings. The standard InChI is InChI=1S/C13H7BrF3N5OS/c14-7-3-1-6(2-4-7)8-5-9(20-19-8)10(23)18-12-22-21-11(24-12)13(15,16)17/h1-5H,(H,19,20)(H,18,22,23). The first-order chi connectivity index (χ1) is 11.3. The third-order valence-corrected chi connectivity index (χ3v) is 4.26. The van der Waals surface area contributed by atoms with Crippen molar-refractivity contribution < 1.29 is 18.0 Å². The van der Waals surface area contributed by atoms with E-state index in [9.17, 15) is 18.0 Å². The topological polar surface area (TPSA) is 83.6 Å². The second-order valence-corrected chi connectivity index (χ2v) is 6.43. The first-order valence-corrected chi connectivity index (χ1v) is 7.97. The highest BCUT2D eigenvalue weighted by Crippen LogP contribution is 2.33. The predicted molar refractivity (Wildman–Crippen MR) is 84.6 cm³/mol. The van der Waals surface area contributed by atoms with Gasteiger partial charge in [-0.25, -0.2) is 0 Å². The quantitative estimate of drug-likeness (QED) is 0.675. The van der Waals surface area contributed by atoms with Gasteiger partial charge < -0.3 is 0 Å². The van der Waals surface area contributed by atoms with E-state index in [-0.39, 0.29) is 22.2 Å². The maximum Gasteiger partial charge on any atom is 0.445 e.